The molecule has 3 heterocycles. The predicted molar refractivity (Wildman–Crippen MR) is 101 cm³/mol. The molecule has 1 aliphatic rings. The van der Waals surface area contributed by atoms with Gasteiger partial charge in [-0.1, -0.05) is 0 Å². The lowest BCUT2D eigenvalue weighted by molar-refractivity contribution is 0.0932. The van der Waals surface area contributed by atoms with Gasteiger partial charge in [-0.25, -0.2) is 15.0 Å². The van der Waals surface area contributed by atoms with E-state index in [4.69, 9.17) is 0 Å². The molecule has 0 saturated heterocycles. The Bertz CT molecular complexity index is 925. The van der Waals surface area contributed by atoms with Crippen molar-refractivity contribution in [3.63, 3.8) is 0 Å². The molecule has 1 aliphatic carbocycles. The zero-order valence-corrected chi connectivity index (χ0v) is 15.0. The van der Waals surface area contributed by atoms with Crippen molar-refractivity contribution in [2.45, 2.75) is 38.3 Å². The number of carbonyl (C=O) groups is 1. The summed E-state index contributed by atoms with van der Waals surface area (Å²) < 4.78 is 0. The van der Waals surface area contributed by atoms with E-state index in [0.717, 1.165) is 36.2 Å². The van der Waals surface area contributed by atoms with Gasteiger partial charge in [-0.05, 0) is 44.4 Å². The molecule has 0 aliphatic heterocycles. The number of hydrogen-bond donors (Lipinski definition) is 3. The van der Waals surface area contributed by atoms with Gasteiger partial charge in [0.2, 0.25) is 5.95 Å². The fraction of sp³-hybridized carbons (Fsp3) is 0.316. The Morgan fingerprint density at radius 3 is 2.70 bits per heavy atom. The van der Waals surface area contributed by atoms with Crippen LogP contribution in [-0.4, -0.2) is 42.9 Å². The van der Waals surface area contributed by atoms with Crippen molar-refractivity contribution in [2.24, 2.45) is 0 Å². The van der Waals surface area contributed by atoms with E-state index in [1.807, 2.05) is 25.1 Å². The summed E-state index contributed by atoms with van der Waals surface area (Å²) in [7, 11) is 0. The Kier molecular flexibility index (Phi) is 4.78. The summed E-state index contributed by atoms with van der Waals surface area (Å²) in [4.78, 5) is 32.3. The van der Waals surface area contributed by atoms with Crippen LogP contribution >= 0.6 is 0 Å². The van der Waals surface area contributed by atoms with E-state index in [1.165, 1.54) is 6.33 Å². The van der Waals surface area contributed by atoms with Gasteiger partial charge in [0.15, 0.2) is 0 Å². The van der Waals surface area contributed by atoms with Crippen LogP contribution in [0, 0.1) is 6.92 Å². The second-order valence-corrected chi connectivity index (χ2v) is 6.70. The highest BCUT2D eigenvalue weighted by Gasteiger charge is 2.27. The zero-order chi connectivity index (χ0) is 18.6. The van der Waals surface area contributed by atoms with E-state index in [2.05, 4.69) is 35.6 Å². The summed E-state index contributed by atoms with van der Waals surface area (Å²) in [5.41, 5.74) is 3.09. The van der Waals surface area contributed by atoms with Crippen LogP contribution in [0.5, 0.6) is 0 Å². The van der Waals surface area contributed by atoms with Crippen molar-refractivity contribution in [3.05, 3.63) is 54.5 Å². The molecule has 27 heavy (non-hydrogen) atoms. The summed E-state index contributed by atoms with van der Waals surface area (Å²) in [6, 6.07) is 6.07. The Balaban J connectivity index is 1.36. The molecule has 3 aromatic rings. The highest BCUT2D eigenvalue weighted by atomic mass is 16.2. The maximum absolute atomic E-state index is 12.3. The standard InChI is InChI=1S/C19H21N7O/c1-12-17(23-11-22-12)18(27)24-14-2-3-15(10-14)25-19-21-9-6-16(26-19)13-4-7-20-8-5-13/h4-9,11,14-15H,2-3,10H2,1H3,(H,22,23)(H,24,27)(H,21,25,26)/t14-,15-/m0/s1. The topological polar surface area (TPSA) is 108 Å². The first-order chi connectivity index (χ1) is 13.2. The molecule has 8 heteroatoms. The number of anilines is 1. The maximum Gasteiger partial charge on any atom is 0.271 e. The second kappa shape index (κ2) is 7.53. The molecule has 2 atom stereocenters. The number of aryl methyl sites for hydroxylation is 1. The Morgan fingerprint density at radius 1 is 1.11 bits per heavy atom. The predicted octanol–water partition coefficient (Wildman–Crippen LogP) is 2.33. The third-order valence-electron chi connectivity index (χ3n) is 4.78. The van der Waals surface area contributed by atoms with Gasteiger partial charge in [0.25, 0.3) is 5.91 Å². The maximum atomic E-state index is 12.3. The van der Waals surface area contributed by atoms with E-state index in [-0.39, 0.29) is 18.0 Å². The molecule has 0 unspecified atom stereocenters. The second-order valence-electron chi connectivity index (χ2n) is 6.70. The fourth-order valence-corrected chi connectivity index (χ4v) is 3.38. The van der Waals surface area contributed by atoms with Gasteiger partial charge in [-0.3, -0.25) is 9.78 Å². The van der Waals surface area contributed by atoms with Crippen LogP contribution in [0.3, 0.4) is 0 Å². The summed E-state index contributed by atoms with van der Waals surface area (Å²) in [5.74, 6) is 0.472. The number of aromatic amines is 1. The summed E-state index contributed by atoms with van der Waals surface area (Å²) in [6.45, 7) is 1.84. The normalized spacial score (nSPS) is 19.0. The van der Waals surface area contributed by atoms with Gasteiger partial charge in [0, 0.05) is 41.9 Å². The van der Waals surface area contributed by atoms with Gasteiger partial charge in [-0.15, -0.1) is 0 Å². The Morgan fingerprint density at radius 2 is 1.93 bits per heavy atom. The van der Waals surface area contributed by atoms with Crippen LogP contribution in [0.4, 0.5) is 5.95 Å². The van der Waals surface area contributed by atoms with Crippen molar-refractivity contribution >= 4 is 11.9 Å². The Labute approximate surface area is 156 Å². The molecule has 0 aromatic carbocycles. The van der Waals surface area contributed by atoms with Crippen LogP contribution in [0.25, 0.3) is 11.3 Å². The third kappa shape index (κ3) is 3.94. The molecule has 0 bridgehead atoms. The highest BCUT2D eigenvalue weighted by Crippen LogP contribution is 2.23. The van der Waals surface area contributed by atoms with Gasteiger partial charge in [0.1, 0.15) is 5.69 Å². The van der Waals surface area contributed by atoms with Crippen LogP contribution in [0.15, 0.2) is 43.1 Å². The van der Waals surface area contributed by atoms with Gasteiger partial charge in [0.05, 0.1) is 12.0 Å². The largest absolute Gasteiger partial charge is 0.351 e. The monoisotopic (exact) mass is 363 g/mol. The first kappa shape index (κ1) is 17.1. The van der Waals surface area contributed by atoms with Crippen LogP contribution in [0.2, 0.25) is 0 Å². The number of carbonyl (C=O) groups excluding carboxylic acids is 1. The average Bonchev–Trinajstić information content (AvgIpc) is 3.31. The molecule has 0 spiro atoms. The first-order valence-electron chi connectivity index (χ1n) is 9.00. The molecule has 3 N–H and O–H groups in total. The lowest BCUT2D eigenvalue weighted by Crippen LogP contribution is -2.34. The summed E-state index contributed by atoms with van der Waals surface area (Å²) in [6.07, 6.45) is 9.48. The van der Waals surface area contributed by atoms with Crippen molar-refractivity contribution in [3.8, 4) is 11.3 Å². The van der Waals surface area contributed by atoms with E-state index >= 15 is 0 Å². The van der Waals surface area contributed by atoms with Crippen molar-refractivity contribution in [1.29, 1.82) is 0 Å². The number of nitrogens with one attached hydrogen (secondary N) is 3. The minimum Gasteiger partial charge on any atom is -0.351 e. The van der Waals surface area contributed by atoms with E-state index in [0.29, 0.717) is 11.6 Å². The van der Waals surface area contributed by atoms with E-state index in [1.54, 1.807) is 18.6 Å². The lowest BCUT2D eigenvalue weighted by Gasteiger charge is -2.15. The number of nitrogens with zero attached hydrogens (tertiary/aromatic N) is 4. The van der Waals surface area contributed by atoms with Gasteiger partial charge >= 0.3 is 0 Å². The van der Waals surface area contributed by atoms with Crippen LogP contribution in [-0.2, 0) is 0 Å². The Hall–Kier alpha value is -3.29. The molecular formula is C19H21N7O. The highest BCUT2D eigenvalue weighted by molar-refractivity contribution is 5.93. The molecule has 0 radical (unpaired) electrons. The SMILES string of the molecule is Cc1[nH]cnc1C(=O)N[C@H]1CC[C@H](Nc2nccc(-c3ccncc3)n2)C1. The van der Waals surface area contributed by atoms with E-state index < -0.39 is 0 Å². The number of hydrogen-bond acceptors (Lipinski definition) is 6. The van der Waals surface area contributed by atoms with Gasteiger partial charge in [-0.2, -0.15) is 0 Å². The van der Waals surface area contributed by atoms with Crippen LogP contribution in [0.1, 0.15) is 35.4 Å². The van der Waals surface area contributed by atoms with Crippen molar-refractivity contribution in [1.82, 2.24) is 30.2 Å². The van der Waals surface area contributed by atoms with Gasteiger partial charge < -0.3 is 15.6 Å². The molecule has 1 amide bonds. The minimum atomic E-state index is -0.129. The summed E-state index contributed by atoms with van der Waals surface area (Å²) >= 11 is 0. The fourth-order valence-electron chi connectivity index (χ4n) is 3.38. The molecule has 1 fully saturated rings. The van der Waals surface area contributed by atoms with Crippen LogP contribution < -0.4 is 10.6 Å². The number of H-pyrrole nitrogens is 1. The van der Waals surface area contributed by atoms with E-state index in [9.17, 15) is 4.79 Å². The molecule has 8 nitrogen and oxygen atoms in total. The molecule has 138 valence electrons. The quantitative estimate of drug-likeness (QED) is 0.642. The lowest BCUT2D eigenvalue weighted by atomic mass is 10.2. The number of aromatic nitrogens is 5. The number of rotatable bonds is 5. The molecule has 4 rings (SSSR count). The average molecular weight is 363 g/mol. The summed E-state index contributed by atoms with van der Waals surface area (Å²) in [5, 5.41) is 6.46. The number of pyridine rings is 1. The molecule has 3 aromatic heterocycles. The molecular weight excluding hydrogens is 342 g/mol. The third-order valence-corrected chi connectivity index (χ3v) is 4.78. The number of amides is 1. The molecule has 1 saturated carbocycles. The zero-order valence-electron chi connectivity index (χ0n) is 15.0. The smallest absolute Gasteiger partial charge is 0.271 e. The minimum absolute atomic E-state index is 0.120. The van der Waals surface area contributed by atoms with Crippen molar-refractivity contribution < 1.29 is 4.79 Å². The number of imidazole rings is 1. The van der Waals surface area contributed by atoms with Crippen molar-refractivity contribution in [2.75, 3.05) is 5.32 Å². The first-order valence-corrected chi connectivity index (χ1v) is 9.00.